The first kappa shape index (κ1) is 20.1. The van der Waals surface area contributed by atoms with Gasteiger partial charge in [0.25, 0.3) is 15.9 Å². The van der Waals surface area contributed by atoms with Crippen LogP contribution in [0.5, 0.6) is 0 Å². The van der Waals surface area contributed by atoms with E-state index in [2.05, 4.69) is 5.32 Å². The molecule has 0 unspecified atom stereocenters. The molecule has 0 saturated heterocycles. The Morgan fingerprint density at radius 1 is 0.967 bits per heavy atom. The maximum Gasteiger partial charge on any atom is 0.265 e. The van der Waals surface area contributed by atoms with Crippen molar-refractivity contribution < 1.29 is 17.6 Å². The molecule has 0 aliphatic rings. The van der Waals surface area contributed by atoms with Gasteiger partial charge in [-0.3, -0.25) is 9.10 Å². The van der Waals surface area contributed by atoms with E-state index in [1.807, 2.05) is 18.2 Å². The zero-order valence-corrected chi connectivity index (χ0v) is 17.5. The number of thiophene rings is 1. The van der Waals surface area contributed by atoms with Crippen molar-refractivity contribution in [2.75, 3.05) is 16.7 Å². The fourth-order valence-corrected chi connectivity index (χ4v) is 5.08. The van der Waals surface area contributed by atoms with Crippen LogP contribution in [0.3, 0.4) is 0 Å². The van der Waals surface area contributed by atoms with Gasteiger partial charge in [-0.25, -0.2) is 12.8 Å². The van der Waals surface area contributed by atoms with Crippen LogP contribution in [0.1, 0.15) is 9.67 Å². The fourth-order valence-electron chi connectivity index (χ4n) is 2.96. The normalized spacial score (nSPS) is 11.4. The van der Waals surface area contributed by atoms with E-state index < -0.39 is 15.8 Å². The minimum absolute atomic E-state index is 0.000238. The largest absolute Gasteiger partial charge is 0.321 e. The first-order valence-electron chi connectivity index (χ1n) is 8.99. The second kappa shape index (κ2) is 7.89. The summed E-state index contributed by atoms with van der Waals surface area (Å²) in [5.41, 5.74) is 1.14. The van der Waals surface area contributed by atoms with E-state index in [1.54, 1.807) is 36.4 Å². The zero-order chi connectivity index (χ0) is 21.3. The number of fused-ring (bicyclic) bond motifs is 1. The van der Waals surface area contributed by atoms with Gasteiger partial charge >= 0.3 is 0 Å². The minimum Gasteiger partial charge on any atom is -0.321 e. The SMILES string of the molecule is CN(c1ccc2sc(C(=O)Nc3ccccc3)cc2c1)S(=O)(=O)c1ccc(F)cc1. The van der Waals surface area contributed by atoms with Crippen LogP contribution in [0.2, 0.25) is 0 Å². The first-order chi connectivity index (χ1) is 14.3. The number of carbonyl (C=O) groups excluding carboxylic acids is 1. The van der Waals surface area contributed by atoms with Gasteiger partial charge in [-0.1, -0.05) is 18.2 Å². The minimum atomic E-state index is -3.84. The smallest absolute Gasteiger partial charge is 0.265 e. The Labute approximate surface area is 177 Å². The molecule has 1 N–H and O–H groups in total. The summed E-state index contributed by atoms with van der Waals surface area (Å²) >= 11 is 1.33. The lowest BCUT2D eigenvalue weighted by Gasteiger charge is -2.19. The van der Waals surface area contributed by atoms with Crippen molar-refractivity contribution >= 4 is 48.7 Å². The molecular weight excluding hydrogens is 423 g/mol. The quantitative estimate of drug-likeness (QED) is 0.469. The number of para-hydroxylation sites is 1. The van der Waals surface area contributed by atoms with Crippen LogP contribution in [-0.2, 0) is 10.0 Å². The highest BCUT2D eigenvalue weighted by Gasteiger charge is 2.22. The average molecular weight is 441 g/mol. The van der Waals surface area contributed by atoms with Crippen LogP contribution >= 0.6 is 11.3 Å². The summed E-state index contributed by atoms with van der Waals surface area (Å²) in [6, 6.07) is 20.8. The summed E-state index contributed by atoms with van der Waals surface area (Å²) in [6.45, 7) is 0. The molecule has 152 valence electrons. The lowest BCUT2D eigenvalue weighted by molar-refractivity contribution is 0.103. The summed E-state index contributed by atoms with van der Waals surface area (Å²) in [7, 11) is -2.40. The average Bonchev–Trinajstić information content (AvgIpc) is 3.18. The summed E-state index contributed by atoms with van der Waals surface area (Å²) in [5, 5.41) is 3.60. The monoisotopic (exact) mass is 440 g/mol. The number of hydrogen-bond donors (Lipinski definition) is 1. The Balaban J connectivity index is 1.62. The highest BCUT2D eigenvalue weighted by atomic mass is 32.2. The van der Waals surface area contributed by atoms with Crippen LogP contribution in [0.15, 0.2) is 83.8 Å². The van der Waals surface area contributed by atoms with Gasteiger partial charge in [0, 0.05) is 17.4 Å². The molecule has 8 heteroatoms. The van der Waals surface area contributed by atoms with E-state index in [1.165, 1.54) is 30.5 Å². The van der Waals surface area contributed by atoms with E-state index in [-0.39, 0.29) is 10.8 Å². The second-order valence-electron chi connectivity index (χ2n) is 6.58. The third-order valence-corrected chi connectivity index (χ3v) is 7.51. The van der Waals surface area contributed by atoms with Crippen molar-refractivity contribution in [1.82, 2.24) is 0 Å². The van der Waals surface area contributed by atoms with Crippen molar-refractivity contribution in [1.29, 1.82) is 0 Å². The molecular formula is C22H17FN2O3S2. The van der Waals surface area contributed by atoms with Gasteiger partial charge in [0.15, 0.2) is 0 Å². The van der Waals surface area contributed by atoms with Gasteiger partial charge in [-0.15, -0.1) is 11.3 Å². The topological polar surface area (TPSA) is 66.5 Å². The van der Waals surface area contributed by atoms with Gasteiger partial charge in [0.1, 0.15) is 5.82 Å². The molecule has 3 aromatic carbocycles. The second-order valence-corrected chi connectivity index (χ2v) is 9.63. The highest BCUT2D eigenvalue weighted by molar-refractivity contribution is 7.92. The summed E-state index contributed by atoms with van der Waals surface area (Å²) in [4.78, 5) is 13.1. The molecule has 0 aliphatic heterocycles. The van der Waals surface area contributed by atoms with Crippen LogP contribution in [0.25, 0.3) is 10.1 Å². The lowest BCUT2D eigenvalue weighted by atomic mass is 10.2. The van der Waals surface area contributed by atoms with Gasteiger partial charge < -0.3 is 5.32 Å². The molecule has 0 aliphatic carbocycles. The number of amides is 1. The first-order valence-corrected chi connectivity index (χ1v) is 11.2. The number of rotatable bonds is 5. The highest BCUT2D eigenvalue weighted by Crippen LogP contribution is 2.31. The number of nitrogens with zero attached hydrogens (tertiary/aromatic N) is 1. The van der Waals surface area contributed by atoms with Crippen molar-refractivity contribution in [2.45, 2.75) is 4.90 Å². The number of benzene rings is 3. The molecule has 0 fully saturated rings. The number of carbonyl (C=O) groups is 1. The third-order valence-electron chi connectivity index (χ3n) is 4.59. The molecule has 1 amide bonds. The molecule has 1 aromatic heterocycles. The molecule has 5 nitrogen and oxygen atoms in total. The Hall–Kier alpha value is -3.23. The Morgan fingerprint density at radius 2 is 1.67 bits per heavy atom. The zero-order valence-electron chi connectivity index (χ0n) is 15.9. The van der Waals surface area contributed by atoms with Crippen molar-refractivity contribution in [3.05, 3.63) is 89.6 Å². The molecule has 0 radical (unpaired) electrons. The molecule has 0 saturated carbocycles. The predicted molar refractivity (Wildman–Crippen MR) is 118 cm³/mol. The molecule has 0 atom stereocenters. The van der Waals surface area contributed by atoms with Gasteiger partial charge in [-0.05, 0) is 66.0 Å². The number of nitrogens with one attached hydrogen (secondary N) is 1. The van der Waals surface area contributed by atoms with Crippen molar-refractivity contribution in [2.24, 2.45) is 0 Å². The standard InChI is InChI=1S/C22H17FN2O3S2/c1-25(30(27,28)19-10-7-16(23)8-11-19)18-9-12-20-15(13-18)14-21(29-20)22(26)24-17-5-3-2-4-6-17/h2-14H,1H3,(H,24,26). The summed E-state index contributed by atoms with van der Waals surface area (Å²) in [5.74, 6) is -0.728. The Kier molecular flexibility index (Phi) is 5.27. The van der Waals surface area contributed by atoms with Crippen LogP contribution in [0, 0.1) is 5.82 Å². The van der Waals surface area contributed by atoms with Gasteiger partial charge in [0.2, 0.25) is 0 Å². The van der Waals surface area contributed by atoms with E-state index in [9.17, 15) is 17.6 Å². The van der Waals surface area contributed by atoms with Crippen molar-refractivity contribution in [3.63, 3.8) is 0 Å². The summed E-state index contributed by atoms with van der Waals surface area (Å²) in [6.07, 6.45) is 0. The van der Waals surface area contributed by atoms with Crippen LogP contribution in [0.4, 0.5) is 15.8 Å². The van der Waals surface area contributed by atoms with E-state index in [0.717, 1.165) is 26.5 Å². The number of sulfonamides is 1. The van der Waals surface area contributed by atoms with Crippen molar-refractivity contribution in [3.8, 4) is 0 Å². The number of halogens is 1. The maximum atomic E-state index is 13.1. The maximum absolute atomic E-state index is 13.1. The predicted octanol–water partition coefficient (Wildman–Crippen LogP) is 5.12. The molecule has 0 spiro atoms. The Morgan fingerprint density at radius 3 is 2.37 bits per heavy atom. The van der Waals surface area contributed by atoms with Crippen LogP contribution < -0.4 is 9.62 Å². The van der Waals surface area contributed by atoms with E-state index >= 15 is 0 Å². The molecule has 4 aromatic rings. The van der Waals surface area contributed by atoms with Crippen LogP contribution in [-0.4, -0.2) is 21.4 Å². The summed E-state index contributed by atoms with van der Waals surface area (Å²) < 4.78 is 40.8. The fraction of sp³-hybridized carbons (Fsp3) is 0.0455. The van der Waals surface area contributed by atoms with E-state index in [4.69, 9.17) is 0 Å². The Bertz CT molecular complexity index is 1320. The molecule has 1 heterocycles. The molecule has 30 heavy (non-hydrogen) atoms. The number of anilines is 2. The number of hydrogen-bond acceptors (Lipinski definition) is 4. The third kappa shape index (κ3) is 3.92. The van der Waals surface area contributed by atoms with E-state index in [0.29, 0.717) is 16.3 Å². The molecule has 0 bridgehead atoms. The van der Waals surface area contributed by atoms with Gasteiger partial charge in [-0.2, -0.15) is 0 Å². The lowest BCUT2D eigenvalue weighted by Crippen LogP contribution is -2.26. The molecule has 4 rings (SSSR count). The van der Waals surface area contributed by atoms with Gasteiger partial charge in [0.05, 0.1) is 15.5 Å².